The van der Waals surface area contributed by atoms with Crippen molar-refractivity contribution < 1.29 is 9.47 Å². The minimum absolute atomic E-state index is 0.0717. The molecule has 1 aromatic rings. The van der Waals surface area contributed by atoms with Gasteiger partial charge in [0.2, 0.25) is 0 Å². The van der Waals surface area contributed by atoms with Crippen LogP contribution in [0.25, 0.3) is 0 Å². The van der Waals surface area contributed by atoms with Crippen molar-refractivity contribution in [2.75, 3.05) is 19.8 Å². The molecule has 1 rings (SSSR count). The van der Waals surface area contributed by atoms with E-state index in [0.717, 1.165) is 17.9 Å². The highest BCUT2D eigenvalue weighted by molar-refractivity contribution is 5.28. The Balaban J connectivity index is 2.36. The topological polar surface area (TPSA) is 44.5 Å². The normalized spacial score (nSPS) is 12.5. The molecule has 1 aromatic carbocycles. The molecule has 0 amide bonds. The number of rotatable bonds is 6. The molecule has 84 valence electrons. The van der Waals surface area contributed by atoms with Gasteiger partial charge in [-0.3, -0.25) is 0 Å². The van der Waals surface area contributed by atoms with Gasteiger partial charge >= 0.3 is 0 Å². The lowest BCUT2D eigenvalue weighted by Crippen LogP contribution is -2.07. The van der Waals surface area contributed by atoms with Crippen molar-refractivity contribution in [2.24, 2.45) is 5.73 Å². The van der Waals surface area contributed by atoms with Crippen LogP contribution in [0, 0.1) is 0 Å². The predicted octanol–water partition coefficient (Wildman–Crippen LogP) is 2.12. The monoisotopic (exact) mass is 209 g/mol. The van der Waals surface area contributed by atoms with Gasteiger partial charge in [-0.2, -0.15) is 0 Å². The Bertz CT molecular complexity index is 269. The summed E-state index contributed by atoms with van der Waals surface area (Å²) in [6.45, 7) is 5.88. The molecule has 0 radical (unpaired) electrons. The fourth-order valence-corrected chi connectivity index (χ4v) is 1.23. The van der Waals surface area contributed by atoms with E-state index < -0.39 is 0 Å². The molecular formula is C12H19NO2. The number of nitrogens with two attached hydrogens (primary N) is 1. The highest BCUT2D eigenvalue weighted by Crippen LogP contribution is 2.15. The van der Waals surface area contributed by atoms with Crippen molar-refractivity contribution in [3.63, 3.8) is 0 Å². The second-order valence-corrected chi connectivity index (χ2v) is 3.40. The molecule has 0 aliphatic carbocycles. The van der Waals surface area contributed by atoms with Gasteiger partial charge in [0.15, 0.2) is 0 Å². The van der Waals surface area contributed by atoms with Crippen molar-refractivity contribution in [3.05, 3.63) is 29.8 Å². The average molecular weight is 209 g/mol. The fraction of sp³-hybridized carbons (Fsp3) is 0.500. The lowest BCUT2D eigenvalue weighted by atomic mass is 10.1. The van der Waals surface area contributed by atoms with Crippen LogP contribution >= 0.6 is 0 Å². The lowest BCUT2D eigenvalue weighted by Gasteiger charge is -2.08. The Labute approximate surface area is 91.2 Å². The smallest absolute Gasteiger partial charge is 0.119 e. The van der Waals surface area contributed by atoms with E-state index in [4.69, 9.17) is 15.2 Å². The number of benzene rings is 1. The van der Waals surface area contributed by atoms with E-state index in [0.29, 0.717) is 13.2 Å². The molecule has 0 spiro atoms. The molecule has 0 fully saturated rings. The molecule has 0 aliphatic heterocycles. The van der Waals surface area contributed by atoms with Crippen LogP contribution in [0.5, 0.6) is 5.75 Å². The van der Waals surface area contributed by atoms with Gasteiger partial charge in [0.25, 0.3) is 0 Å². The van der Waals surface area contributed by atoms with Crippen molar-refractivity contribution in [1.29, 1.82) is 0 Å². The first-order valence-corrected chi connectivity index (χ1v) is 5.30. The maximum Gasteiger partial charge on any atom is 0.119 e. The van der Waals surface area contributed by atoms with Gasteiger partial charge in [0, 0.05) is 12.6 Å². The third-order valence-corrected chi connectivity index (χ3v) is 2.11. The van der Waals surface area contributed by atoms with E-state index in [1.807, 2.05) is 38.1 Å². The third-order valence-electron chi connectivity index (χ3n) is 2.11. The van der Waals surface area contributed by atoms with E-state index in [1.165, 1.54) is 0 Å². The number of hydrogen-bond acceptors (Lipinski definition) is 3. The van der Waals surface area contributed by atoms with Crippen LogP contribution in [0.2, 0.25) is 0 Å². The summed E-state index contributed by atoms with van der Waals surface area (Å²) in [4.78, 5) is 0. The molecule has 0 saturated carbocycles. The highest BCUT2D eigenvalue weighted by Gasteiger charge is 1.99. The predicted molar refractivity (Wildman–Crippen MR) is 61.0 cm³/mol. The molecule has 15 heavy (non-hydrogen) atoms. The molecular weight excluding hydrogens is 190 g/mol. The van der Waals surface area contributed by atoms with Gasteiger partial charge in [-0.15, -0.1) is 0 Å². The molecule has 0 saturated heterocycles. The average Bonchev–Trinajstić information content (AvgIpc) is 2.25. The second-order valence-electron chi connectivity index (χ2n) is 3.40. The maximum absolute atomic E-state index is 5.74. The zero-order valence-corrected chi connectivity index (χ0v) is 9.40. The highest BCUT2D eigenvalue weighted by atomic mass is 16.5. The maximum atomic E-state index is 5.74. The van der Waals surface area contributed by atoms with Crippen LogP contribution in [-0.4, -0.2) is 19.8 Å². The fourth-order valence-electron chi connectivity index (χ4n) is 1.23. The quantitative estimate of drug-likeness (QED) is 0.730. The third kappa shape index (κ3) is 4.32. The van der Waals surface area contributed by atoms with E-state index >= 15 is 0 Å². The van der Waals surface area contributed by atoms with Gasteiger partial charge in [-0.05, 0) is 31.5 Å². The standard InChI is InChI=1S/C12H19NO2/c1-3-14-8-9-15-12-6-4-11(5-7-12)10(2)13/h4-7,10H,3,8-9,13H2,1-2H3/t10-/m1/s1. The van der Waals surface area contributed by atoms with Crippen molar-refractivity contribution in [1.82, 2.24) is 0 Å². The van der Waals surface area contributed by atoms with Crippen LogP contribution in [0.4, 0.5) is 0 Å². The summed E-state index contributed by atoms with van der Waals surface area (Å²) in [6, 6.07) is 7.92. The van der Waals surface area contributed by atoms with E-state index in [1.54, 1.807) is 0 Å². The molecule has 3 nitrogen and oxygen atoms in total. The van der Waals surface area contributed by atoms with Crippen LogP contribution in [-0.2, 0) is 4.74 Å². The lowest BCUT2D eigenvalue weighted by molar-refractivity contribution is 0.110. The second kappa shape index (κ2) is 6.43. The molecule has 1 atom stereocenters. The van der Waals surface area contributed by atoms with Crippen LogP contribution in [0.3, 0.4) is 0 Å². The van der Waals surface area contributed by atoms with Gasteiger partial charge in [0.1, 0.15) is 12.4 Å². The van der Waals surface area contributed by atoms with E-state index in [2.05, 4.69) is 0 Å². The van der Waals surface area contributed by atoms with Crippen molar-refractivity contribution in [2.45, 2.75) is 19.9 Å². The van der Waals surface area contributed by atoms with Gasteiger partial charge in [0.05, 0.1) is 6.61 Å². The van der Waals surface area contributed by atoms with Gasteiger partial charge in [-0.25, -0.2) is 0 Å². The van der Waals surface area contributed by atoms with Crippen LogP contribution in [0.1, 0.15) is 25.5 Å². The summed E-state index contributed by atoms with van der Waals surface area (Å²) in [5, 5.41) is 0. The first kappa shape index (κ1) is 12.0. The van der Waals surface area contributed by atoms with Crippen LogP contribution < -0.4 is 10.5 Å². The minimum Gasteiger partial charge on any atom is -0.491 e. The minimum atomic E-state index is 0.0717. The molecule has 2 N–H and O–H groups in total. The van der Waals surface area contributed by atoms with Crippen LogP contribution in [0.15, 0.2) is 24.3 Å². The Morgan fingerprint density at radius 3 is 2.40 bits per heavy atom. The molecule has 0 unspecified atom stereocenters. The Hall–Kier alpha value is -1.06. The molecule has 0 heterocycles. The Morgan fingerprint density at radius 1 is 1.20 bits per heavy atom. The number of hydrogen-bond donors (Lipinski definition) is 1. The molecule has 0 aliphatic rings. The zero-order chi connectivity index (χ0) is 11.1. The summed E-state index contributed by atoms with van der Waals surface area (Å²) in [6.07, 6.45) is 0. The summed E-state index contributed by atoms with van der Waals surface area (Å²) < 4.78 is 10.6. The van der Waals surface area contributed by atoms with Crippen molar-refractivity contribution in [3.8, 4) is 5.75 Å². The SMILES string of the molecule is CCOCCOc1ccc([C@@H](C)N)cc1. The van der Waals surface area contributed by atoms with Crippen molar-refractivity contribution >= 4 is 0 Å². The Kier molecular flexibility index (Phi) is 5.15. The molecule has 0 bridgehead atoms. The summed E-state index contributed by atoms with van der Waals surface area (Å²) in [5.41, 5.74) is 6.86. The zero-order valence-electron chi connectivity index (χ0n) is 9.40. The van der Waals surface area contributed by atoms with E-state index in [9.17, 15) is 0 Å². The summed E-state index contributed by atoms with van der Waals surface area (Å²) in [7, 11) is 0. The summed E-state index contributed by atoms with van der Waals surface area (Å²) >= 11 is 0. The van der Waals surface area contributed by atoms with Gasteiger partial charge in [-0.1, -0.05) is 12.1 Å². The molecule has 3 heteroatoms. The van der Waals surface area contributed by atoms with Gasteiger partial charge < -0.3 is 15.2 Å². The largest absolute Gasteiger partial charge is 0.491 e. The Morgan fingerprint density at radius 2 is 1.87 bits per heavy atom. The first-order chi connectivity index (χ1) is 7.24. The molecule has 0 aromatic heterocycles. The number of ether oxygens (including phenoxy) is 2. The van der Waals surface area contributed by atoms with E-state index in [-0.39, 0.29) is 6.04 Å². The first-order valence-electron chi connectivity index (χ1n) is 5.30. The summed E-state index contributed by atoms with van der Waals surface area (Å²) in [5.74, 6) is 0.860.